The van der Waals surface area contributed by atoms with E-state index in [1.807, 2.05) is 22.6 Å². The van der Waals surface area contributed by atoms with Gasteiger partial charge in [-0.3, -0.25) is 0 Å². The van der Waals surface area contributed by atoms with E-state index in [4.69, 9.17) is 0 Å². The van der Waals surface area contributed by atoms with Crippen molar-refractivity contribution >= 4 is 40.0 Å². The highest BCUT2D eigenvalue weighted by molar-refractivity contribution is 14.1. The molecule has 0 aliphatic heterocycles. The lowest BCUT2D eigenvalue weighted by Gasteiger charge is -2.09. The Morgan fingerprint density at radius 2 is 2.06 bits per heavy atom. The summed E-state index contributed by atoms with van der Waals surface area (Å²) < 4.78 is 27.1. The van der Waals surface area contributed by atoms with Gasteiger partial charge < -0.3 is 10.6 Å². The van der Waals surface area contributed by atoms with E-state index < -0.39 is 5.82 Å². The van der Waals surface area contributed by atoms with Crippen LogP contribution in [-0.2, 0) is 0 Å². The first-order chi connectivity index (χ1) is 8.60. The number of hydrogen-bond acceptors (Lipinski definition) is 4. The van der Waals surface area contributed by atoms with Gasteiger partial charge in [0.15, 0.2) is 11.6 Å². The highest BCUT2D eigenvalue weighted by Crippen LogP contribution is 2.24. The molecule has 0 aliphatic carbocycles. The third-order valence-corrected chi connectivity index (χ3v) is 3.04. The van der Waals surface area contributed by atoms with Gasteiger partial charge in [-0.2, -0.15) is 4.98 Å². The Balaban J connectivity index is 2.33. The monoisotopic (exact) mass is 362 g/mol. The van der Waals surface area contributed by atoms with Gasteiger partial charge in [0.25, 0.3) is 0 Å². The van der Waals surface area contributed by atoms with Gasteiger partial charge in [-0.15, -0.1) is 0 Å². The largest absolute Gasteiger partial charge is 0.357 e. The molecular weight excluding hydrogens is 353 g/mol. The molecule has 1 aromatic heterocycles. The van der Waals surface area contributed by atoms with Crippen LogP contribution >= 0.6 is 22.6 Å². The van der Waals surface area contributed by atoms with Crippen molar-refractivity contribution in [2.75, 3.05) is 17.7 Å². The molecule has 0 saturated heterocycles. The molecule has 0 aliphatic rings. The predicted octanol–water partition coefficient (Wildman–Crippen LogP) is 3.14. The lowest BCUT2D eigenvalue weighted by Crippen LogP contribution is -2.03. The van der Waals surface area contributed by atoms with Gasteiger partial charge >= 0.3 is 0 Å². The van der Waals surface area contributed by atoms with E-state index in [0.717, 1.165) is 6.20 Å². The molecule has 0 bridgehead atoms. The zero-order chi connectivity index (χ0) is 13.1. The summed E-state index contributed by atoms with van der Waals surface area (Å²) in [5.41, 5.74) is 0.580. The second-order valence-electron chi connectivity index (χ2n) is 3.39. The smallest absolute Gasteiger partial charge is 0.224 e. The van der Waals surface area contributed by atoms with Crippen molar-refractivity contribution < 1.29 is 8.78 Å². The minimum Gasteiger partial charge on any atom is -0.357 e. The maximum Gasteiger partial charge on any atom is 0.224 e. The first kappa shape index (κ1) is 12.9. The van der Waals surface area contributed by atoms with Gasteiger partial charge in [-0.25, -0.2) is 13.8 Å². The Morgan fingerprint density at radius 1 is 1.28 bits per heavy atom. The van der Waals surface area contributed by atoms with E-state index >= 15 is 0 Å². The lowest BCUT2D eigenvalue weighted by molar-refractivity contribution is 0.619. The number of hydrogen-bond donors (Lipinski definition) is 2. The molecular formula is C11H9F2IN4. The third kappa shape index (κ3) is 2.84. The molecule has 0 amide bonds. The zero-order valence-corrected chi connectivity index (χ0v) is 11.5. The van der Waals surface area contributed by atoms with E-state index in [0.29, 0.717) is 15.2 Å². The molecule has 2 rings (SSSR count). The van der Waals surface area contributed by atoms with Crippen LogP contribution in [0.15, 0.2) is 24.4 Å². The SMILES string of the molecule is CNc1ncc(F)c(Nc2ccc(F)cc2I)n1. The molecule has 0 saturated carbocycles. The maximum atomic E-state index is 13.5. The molecule has 18 heavy (non-hydrogen) atoms. The zero-order valence-electron chi connectivity index (χ0n) is 9.34. The standard InChI is InChI=1S/C11H9F2IN4/c1-15-11-16-5-7(13)10(18-11)17-9-3-2-6(12)4-8(9)14/h2-5H,1H3,(H2,15,16,17,18). The highest BCUT2D eigenvalue weighted by atomic mass is 127. The van der Waals surface area contributed by atoms with Crippen molar-refractivity contribution in [3.63, 3.8) is 0 Å². The van der Waals surface area contributed by atoms with Crippen LogP contribution in [0, 0.1) is 15.2 Å². The molecule has 0 atom stereocenters. The maximum absolute atomic E-state index is 13.5. The predicted molar refractivity (Wildman–Crippen MR) is 73.9 cm³/mol. The van der Waals surface area contributed by atoms with Gasteiger partial charge in [-0.05, 0) is 40.8 Å². The van der Waals surface area contributed by atoms with Crippen molar-refractivity contribution in [2.45, 2.75) is 0 Å². The Bertz CT molecular complexity index is 577. The minimum atomic E-state index is -0.575. The summed E-state index contributed by atoms with van der Waals surface area (Å²) in [5, 5.41) is 5.52. The molecule has 0 spiro atoms. The van der Waals surface area contributed by atoms with Gasteiger partial charge in [0.05, 0.1) is 11.9 Å². The Labute approximate surface area is 116 Å². The fraction of sp³-hybridized carbons (Fsp3) is 0.0909. The van der Waals surface area contributed by atoms with Crippen LogP contribution in [0.5, 0.6) is 0 Å². The van der Waals surface area contributed by atoms with Crippen molar-refractivity contribution in [3.05, 3.63) is 39.6 Å². The van der Waals surface area contributed by atoms with E-state index in [9.17, 15) is 8.78 Å². The van der Waals surface area contributed by atoms with E-state index in [1.165, 1.54) is 18.2 Å². The summed E-state index contributed by atoms with van der Waals surface area (Å²) in [4.78, 5) is 7.68. The van der Waals surface area contributed by atoms with Gasteiger partial charge in [0, 0.05) is 10.6 Å². The van der Waals surface area contributed by atoms with Gasteiger partial charge in [0.2, 0.25) is 5.95 Å². The Hall–Kier alpha value is -1.51. The average Bonchev–Trinajstić information content (AvgIpc) is 2.35. The Morgan fingerprint density at radius 3 is 2.72 bits per heavy atom. The first-order valence-electron chi connectivity index (χ1n) is 5.02. The van der Waals surface area contributed by atoms with Crippen molar-refractivity contribution in [1.82, 2.24) is 9.97 Å². The number of rotatable bonds is 3. The summed E-state index contributed by atoms with van der Waals surface area (Å²) in [6.07, 6.45) is 1.07. The number of nitrogens with one attached hydrogen (secondary N) is 2. The molecule has 2 aromatic rings. The van der Waals surface area contributed by atoms with E-state index in [2.05, 4.69) is 20.6 Å². The first-order valence-corrected chi connectivity index (χ1v) is 6.10. The molecule has 7 heteroatoms. The fourth-order valence-corrected chi connectivity index (χ4v) is 1.91. The summed E-state index contributed by atoms with van der Waals surface area (Å²) >= 11 is 1.96. The summed E-state index contributed by atoms with van der Waals surface area (Å²) in [5.74, 6) is -0.576. The van der Waals surface area contributed by atoms with Crippen LogP contribution in [0.2, 0.25) is 0 Å². The molecule has 1 heterocycles. The molecule has 94 valence electrons. The lowest BCUT2D eigenvalue weighted by atomic mass is 10.3. The molecule has 1 aromatic carbocycles. The van der Waals surface area contributed by atoms with E-state index in [-0.39, 0.29) is 11.6 Å². The van der Waals surface area contributed by atoms with Crippen LogP contribution in [0.3, 0.4) is 0 Å². The number of aromatic nitrogens is 2. The minimum absolute atomic E-state index is 0.0406. The fourth-order valence-electron chi connectivity index (χ4n) is 1.29. The number of nitrogens with zero attached hydrogens (tertiary/aromatic N) is 2. The second-order valence-corrected chi connectivity index (χ2v) is 4.55. The van der Waals surface area contributed by atoms with Gasteiger partial charge in [-0.1, -0.05) is 0 Å². The van der Waals surface area contributed by atoms with Crippen LogP contribution in [0.1, 0.15) is 0 Å². The Kier molecular flexibility index (Phi) is 3.90. The number of halogens is 3. The topological polar surface area (TPSA) is 49.8 Å². The summed E-state index contributed by atoms with van der Waals surface area (Å²) in [7, 11) is 1.64. The molecule has 0 fully saturated rings. The van der Waals surface area contributed by atoms with Crippen molar-refractivity contribution in [1.29, 1.82) is 0 Å². The van der Waals surface area contributed by atoms with Crippen LogP contribution < -0.4 is 10.6 Å². The van der Waals surface area contributed by atoms with Gasteiger partial charge in [0.1, 0.15) is 5.82 Å². The van der Waals surface area contributed by atoms with Crippen molar-refractivity contribution in [2.24, 2.45) is 0 Å². The highest BCUT2D eigenvalue weighted by Gasteiger charge is 2.08. The summed E-state index contributed by atoms with van der Waals surface area (Å²) in [6.45, 7) is 0. The third-order valence-electron chi connectivity index (χ3n) is 2.15. The molecule has 2 N–H and O–H groups in total. The number of benzene rings is 1. The second kappa shape index (κ2) is 5.42. The normalized spacial score (nSPS) is 10.2. The molecule has 0 unspecified atom stereocenters. The average molecular weight is 362 g/mol. The van der Waals surface area contributed by atoms with Crippen molar-refractivity contribution in [3.8, 4) is 0 Å². The van der Waals surface area contributed by atoms with E-state index in [1.54, 1.807) is 7.05 Å². The molecule has 0 radical (unpaired) electrons. The quantitative estimate of drug-likeness (QED) is 0.824. The summed E-state index contributed by atoms with van der Waals surface area (Å²) in [6, 6.07) is 4.17. The van der Waals surface area contributed by atoms with Crippen LogP contribution in [0.25, 0.3) is 0 Å². The number of anilines is 3. The van der Waals surface area contributed by atoms with Crippen LogP contribution in [-0.4, -0.2) is 17.0 Å². The van der Waals surface area contributed by atoms with Crippen LogP contribution in [0.4, 0.5) is 26.2 Å². The molecule has 4 nitrogen and oxygen atoms in total.